The van der Waals surface area contributed by atoms with E-state index in [9.17, 15) is 4.79 Å². The molecule has 0 radical (unpaired) electrons. The van der Waals surface area contributed by atoms with Crippen LogP contribution in [0.5, 0.6) is 0 Å². The Hall–Kier alpha value is -2.45. The topological polar surface area (TPSA) is 71.6 Å². The lowest BCUT2D eigenvalue weighted by Gasteiger charge is -2.06. The van der Waals surface area contributed by atoms with Gasteiger partial charge < -0.3 is 4.57 Å². The second kappa shape index (κ2) is 9.06. The summed E-state index contributed by atoms with van der Waals surface area (Å²) in [5.74, 6) is -0.742. The van der Waals surface area contributed by atoms with E-state index < -0.39 is 5.92 Å². The van der Waals surface area contributed by atoms with E-state index in [1.165, 1.54) is 23.1 Å². The van der Waals surface area contributed by atoms with E-state index in [0.29, 0.717) is 31.5 Å². The third kappa shape index (κ3) is 4.26. The van der Waals surface area contributed by atoms with Crippen LogP contribution in [0.15, 0.2) is 53.6 Å². The molecular weight excluding hydrogens is 495 g/mol. The molecule has 4 aromatic rings. The second-order valence-corrected chi connectivity index (χ2v) is 10.6. The Labute approximate surface area is 208 Å². The van der Waals surface area contributed by atoms with Crippen LogP contribution in [0.25, 0.3) is 17.0 Å². The smallest absolute Gasteiger partial charge is 0.186 e. The number of carbonyl (C=O) groups excluding carboxylic acids is 1. The van der Waals surface area contributed by atoms with Crippen molar-refractivity contribution in [1.29, 1.82) is 5.41 Å². The number of fused-ring (bicyclic) bond motifs is 1. The Kier molecular flexibility index (Phi) is 6.14. The molecule has 1 N–H and O–H groups in total. The van der Waals surface area contributed by atoms with Crippen LogP contribution in [0.1, 0.15) is 34.0 Å². The summed E-state index contributed by atoms with van der Waals surface area (Å²) in [6.07, 6.45) is 4.68. The molecule has 1 saturated heterocycles. The Morgan fingerprint density at radius 1 is 1.15 bits per heavy atom. The monoisotopic (exact) mass is 512 g/mol. The van der Waals surface area contributed by atoms with Gasteiger partial charge in [0.15, 0.2) is 5.78 Å². The third-order valence-electron chi connectivity index (χ3n) is 5.46. The number of hydrogen-bond acceptors (Lipinski definition) is 6. The van der Waals surface area contributed by atoms with Gasteiger partial charge in [-0.3, -0.25) is 10.2 Å². The van der Waals surface area contributed by atoms with Crippen LogP contribution in [0.3, 0.4) is 0 Å². The number of benzene rings is 2. The number of Topliss-reactive ketones (excluding diaryl/α,β-unsaturated/α-hetero) is 1. The molecule has 9 heteroatoms. The highest BCUT2D eigenvalue weighted by molar-refractivity contribution is 8.19. The van der Waals surface area contributed by atoms with Crippen LogP contribution in [0.4, 0.5) is 0 Å². The number of rotatable bonds is 5. The summed E-state index contributed by atoms with van der Waals surface area (Å²) >= 11 is 14.9. The van der Waals surface area contributed by atoms with E-state index >= 15 is 0 Å². The maximum absolute atomic E-state index is 13.2. The molecule has 1 aliphatic heterocycles. The summed E-state index contributed by atoms with van der Waals surface area (Å²) in [5.41, 5.74) is 3.01. The number of ketones is 1. The number of nitrogens with zero attached hydrogens (tertiary/aromatic N) is 3. The molecule has 1 fully saturated rings. The number of aromatic nitrogens is 3. The van der Waals surface area contributed by atoms with Gasteiger partial charge in [-0.1, -0.05) is 66.2 Å². The summed E-state index contributed by atoms with van der Waals surface area (Å²) in [4.78, 5) is 13.7. The van der Waals surface area contributed by atoms with Gasteiger partial charge in [-0.2, -0.15) is 0 Å². The fourth-order valence-electron chi connectivity index (χ4n) is 3.84. The fraction of sp³-hybridized carbons (Fsp3) is 0.167. The van der Waals surface area contributed by atoms with Gasteiger partial charge in [0.05, 0.1) is 20.0 Å². The van der Waals surface area contributed by atoms with Crippen LogP contribution in [-0.2, 0) is 17.8 Å². The lowest BCUT2D eigenvalue weighted by atomic mass is 10.0. The van der Waals surface area contributed by atoms with Gasteiger partial charge >= 0.3 is 0 Å². The van der Waals surface area contributed by atoms with E-state index in [0.717, 1.165) is 33.5 Å². The van der Waals surface area contributed by atoms with Gasteiger partial charge in [-0.15, -0.1) is 21.5 Å². The number of halogens is 2. The first-order valence-corrected chi connectivity index (χ1v) is 12.7. The molecule has 2 aromatic carbocycles. The summed E-state index contributed by atoms with van der Waals surface area (Å²) in [6.45, 7) is 2.62. The summed E-state index contributed by atoms with van der Waals surface area (Å²) in [6, 6.07) is 13.7. The molecule has 5 rings (SSSR count). The molecule has 166 valence electrons. The molecule has 0 bridgehead atoms. The maximum Gasteiger partial charge on any atom is 0.186 e. The van der Waals surface area contributed by atoms with Crippen molar-refractivity contribution in [2.45, 2.75) is 25.8 Å². The molecule has 0 spiro atoms. The molecule has 3 heterocycles. The number of nitrogens with one attached hydrogen (secondary N) is 1. The minimum atomic E-state index is -0.649. The molecule has 33 heavy (non-hydrogen) atoms. The lowest BCUT2D eigenvalue weighted by Crippen LogP contribution is -2.11. The van der Waals surface area contributed by atoms with Crippen LogP contribution in [0.2, 0.25) is 10.0 Å². The van der Waals surface area contributed by atoms with Crippen molar-refractivity contribution in [1.82, 2.24) is 14.8 Å². The van der Waals surface area contributed by atoms with Crippen LogP contribution in [0, 0.1) is 5.41 Å². The molecule has 0 unspecified atom stereocenters. The zero-order valence-electron chi connectivity index (χ0n) is 17.5. The fourth-order valence-corrected chi connectivity index (χ4v) is 6.10. The Bertz CT molecular complexity index is 1440. The summed E-state index contributed by atoms with van der Waals surface area (Å²) < 4.78 is 2.13. The van der Waals surface area contributed by atoms with Crippen molar-refractivity contribution in [3.05, 3.63) is 84.8 Å². The van der Waals surface area contributed by atoms with Gasteiger partial charge in [0.2, 0.25) is 0 Å². The molecular formula is C24H18Cl2N4OS2. The highest BCUT2D eigenvalue weighted by Gasteiger charge is 2.39. The van der Waals surface area contributed by atoms with Crippen molar-refractivity contribution < 1.29 is 4.79 Å². The second-order valence-electron chi connectivity index (χ2n) is 7.64. The minimum Gasteiger partial charge on any atom is -0.342 e. The Morgan fingerprint density at radius 2 is 1.97 bits per heavy atom. The first-order valence-electron chi connectivity index (χ1n) is 10.3. The standard InChI is InChI=1S/C24H18Cl2N4OS2/c1-2-20-28-29-24(33-20)21-22(31)19(32-23(21)27)10-14-12-30(18-6-4-3-5-15(14)18)11-13-7-8-16(25)17(26)9-13/h3-10,12,21,27H,2,11H2,1H3/b19-10-,27-23?/t21-/m1/s1. The maximum atomic E-state index is 13.2. The first-order chi connectivity index (χ1) is 15.9. The summed E-state index contributed by atoms with van der Waals surface area (Å²) in [7, 11) is 0. The SMILES string of the molecule is CCc1nnc([C@H]2C(=N)S/C(=C\c3cn(Cc4ccc(Cl)c(Cl)c4)c4ccccc34)C2=O)s1. The van der Waals surface area contributed by atoms with Crippen LogP contribution in [-0.4, -0.2) is 25.6 Å². The van der Waals surface area contributed by atoms with Gasteiger partial charge in [0.25, 0.3) is 0 Å². The van der Waals surface area contributed by atoms with Crippen molar-refractivity contribution in [2.75, 3.05) is 0 Å². The van der Waals surface area contributed by atoms with Crippen molar-refractivity contribution in [3.63, 3.8) is 0 Å². The van der Waals surface area contributed by atoms with E-state index in [2.05, 4.69) is 20.8 Å². The molecule has 0 saturated carbocycles. The minimum absolute atomic E-state index is 0.0925. The van der Waals surface area contributed by atoms with Crippen LogP contribution < -0.4 is 0 Å². The first kappa shape index (κ1) is 22.3. The third-order valence-corrected chi connectivity index (χ3v) is 8.33. The van der Waals surface area contributed by atoms with Crippen molar-refractivity contribution >= 4 is 74.1 Å². The number of hydrogen-bond donors (Lipinski definition) is 1. The molecule has 1 atom stereocenters. The predicted octanol–water partition coefficient (Wildman–Crippen LogP) is 6.83. The van der Waals surface area contributed by atoms with E-state index in [-0.39, 0.29) is 5.78 Å². The number of aryl methyl sites for hydroxylation is 1. The molecule has 5 nitrogen and oxygen atoms in total. The Balaban J connectivity index is 1.50. The number of carbonyl (C=O) groups is 1. The molecule has 1 aliphatic rings. The average molecular weight is 513 g/mol. The average Bonchev–Trinajstić information content (AvgIpc) is 3.48. The number of para-hydroxylation sites is 1. The zero-order chi connectivity index (χ0) is 23.1. The van der Waals surface area contributed by atoms with Gasteiger partial charge in [0, 0.05) is 29.2 Å². The largest absolute Gasteiger partial charge is 0.342 e. The highest BCUT2D eigenvalue weighted by atomic mass is 35.5. The lowest BCUT2D eigenvalue weighted by molar-refractivity contribution is -0.114. The predicted molar refractivity (Wildman–Crippen MR) is 138 cm³/mol. The molecule has 2 aromatic heterocycles. The van der Waals surface area contributed by atoms with Gasteiger partial charge in [-0.05, 0) is 36.3 Å². The normalized spacial score (nSPS) is 17.5. The van der Waals surface area contributed by atoms with Crippen molar-refractivity contribution in [2.24, 2.45) is 0 Å². The molecule has 0 aliphatic carbocycles. The summed E-state index contributed by atoms with van der Waals surface area (Å²) in [5, 5.41) is 20.5. The number of thioether (sulfide) groups is 1. The molecule has 0 amide bonds. The highest BCUT2D eigenvalue weighted by Crippen LogP contribution is 2.42. The van der Waals surface area contributed by atoms with Gasteiger partial charge in [-0.25, -0.2) is 0 Å². The van der Waals surface area contributed by atoms with E-state index in [1.54, 1.807) is 6.07 Å². The Morgan fingerprint density at radius 3 is 2.73 bits per heavy atom. The quantitative estimate of drug-likeness (QED) is 0.297. The van der Waals surface area contributed by atoms with Crippen molar-refractivity contribution in [3.8, 4) is 0 Å². The van der Waals surface area contributed by atoms with Crippen LogP contribution >= 0.6 is 46.3 Å². The van der Waals surface area contributed by atoms with E-state index in [4.69, 9.17) is 28.6 Å². The number of allylic oxidation sites excluding steroid dienone is 1. The zero-order valence-corrected chi connectivity index (χ0v) is 20.7. The van der Waals surface area contributed by atoms with Gasteiger partial charge in [0.1, 0.15) is 15.9 Å². The van der Waals surface area contributed by atoms with E-state index in [1.807, 2.05) is 49.5 Å².